The molecule has 1 aromatic heterocycles. The quantitative estimate of drug-likeness (QED) is 0.644. The first-order valence-corrected chi connectivity index (χ1v) is 7.64. The summed E-state index contributed by atoms with van der Waals surface area (Å²) in [5.41, 5.74) is 6.94. The standard InChI is InChI=1S/C12H16N4O3S/c13-11-2-1-3-12(6-11)19-4-5-20(17,18)16-9-10-7-14-15-8-10/h1-3,6-8,16H,4-5,9,13H2,(H,14,15). The molecule has 8 heteroatoms. The van der Waals surface area contributed by atoms with Crippen LogP contribution in [0.4, 0.5) is 5.69 Å². The van der Waals surface area contributed by atoms with Crippen molar-refractivity contribution in [2.45, 2.75) is 6.54 Å². The van der Waals surface area contributed by atoms with Gasteiger partial charge >= 0.3 is 0 Å². The van der Waals surface area contributed by atoms with Gasteiger partial charge in [0.05, 0.1) is 11.9 Å². The van der Waals surface area contributed by atoms with E-state index < -0.39 is 10.0 Å². The van der Waals surface area contributed by atoms with Gasteiger partial charge in [-0.2, -0.15) is 5.10 Å². The Bertz CT molecular complexity index is 640. The second kappa shape index (κ2) is 6.40. The lowest BCUT2D eigenvalue weighted by Gasteiger charge is -2.08. The minimum Gasteiger partial charge on any atom is -0.492 e. The first-order chi connectivity index (χ1) is 9.55. The number of sulfonamides is 1. The van der Waals surface area contributed by atoms with Crippen molar-refractivity contribution in [2.75, 3.05) is 18.1 Å². The largest absolute Gasteiger partial charge is 0.492 e. The smallest absolute Gasteiger partial charge is 0.215 e. The third-order valence-corrected chi connectivity index (χ3v) is 3.82. The van der Waals surface area contributed by atoms with Crippen LogP contribution in [0.3, 0.4) is 0 Å². The Morgan fingerprint density at radius 2 is 2.25 bits per heavy atom. The van der Waals surface area contributed by atoms with E-state index in [1.165, 1.54) is 0 Å². The number of H-pyrrole nitrogens is 1. The molecule has 0 saturated heterocycles. The molecule has 0 spiro atoms. The Morgan fingerprint density at radius 1 is 1.40 bits per heavy atom. The van der Waals surface area contributed by atoms with Gasteiger partial charge in [0.15, 0.2) is 0 Å². The first-order valence-electron chi connectivity index (χ1n) is 5.98. The Labute approximate surface area is 117 Å². The average Bonchev–Trinajstić information content (AvgIpc) is 2.89. The Balaban J connectivity index is 1.77. The van der Waals surface area contributed by atoms with E-state index in [1.807, 2.05) is 0 Å². The fourth-order valence-corrected chi connectivity index (χ4v) is 2.35. The minimum atomic E-state index is -3.39. The topological polar surface area (TPSA) is 110 Å². The molecule has 7 nitrogen and oxygen atoms in total. The zero-order valence-corrected chi connectivity index (χ0v) is 11.6. The van der Waals surface area contributed by atoms with Gasteiger partial charge in [-0.15, -0.1) is 0 Å². The van der Waals surface area contributed by atoms with E-state index in [-0.39, 0.29) is 18.9 Å². The highest BCUT2D eigenvalue weighted by Gasteiger charge is 2.10. The molecule has 2 rings (SSSR count). The SMILES string of the molecule is Nc1cccc(OCCS(=O)(=O)NCc2cn[nH]c2)c1. The van der Waals surface area contributed by atoms with E-state index in [4.69, 9.17) is 10.5 Å². The summed E-state index contributed by atoms with van der Waals surface area (Å²) in [7, 11) is -3.39. The van der Waals surface area contributed by atoms with Gasteiger partial charge in [0.25, 0.3) is 0 Å². The zero-order chi connectivity index (χ0) is 14.4. The molecule has 0 aliphatic rings. The molecule has 0 saturated carbocycles. The highest BCUT2D eigenvalue weighted by atomic mass is 32.2. The lowest BCUT2D eigenvalue weighted by Crippen LogP contribution is -2.28. The fraction of sp³-hybridized carbons (Fsp3) is 0.250. The number of ether oxygens (including phenoxy) is 1. The van der Waals surface area contributed by atoms with E-state index in [9.17, 15) is 8.42 Å². The number of nitrogens with two attached hydrogens (primary N) is 1. The van der Waals surface area contributed by atoms with Crippen molar-refractivity contribution < 1.29 is 13.2 Å². The fourth-order valence-electron chi connectivity index (χ4n) is 1.51. The van der Waals surface area contributed by atoms with Crippen LogP contribution < -0.4 is 15.2 Å². The summed E-state index contributed by atoms with van der Waals surface area (Å²) in [4.78, 5) is 0. The van der Waals surface area contributed by atoms with Gasteiger partial charge < -0.3 is 10.5 Å². The highest BCUT2D eigenvalue weighted by Crippen LogP contribution is 2.14. The molecule has 0 aliphatic heterocycles. The molecule has 0 amide bonds. The minimum absolute atomic E-state index is 0.0597. The third-order valence-electron chi connectivity index (χ3n) is 2.53. The van der Waals surface area contributed by atoms with Crippen molar-refractivity contribution in [2.24, 2.45) is 0 Å². The molecule has 0 fully saturated rings. The first kappa shape index (κ1) is 14.4. The summed E-state index contributed by atoms with van der Waals surface area (Å²) in [6, 6.07) is 6.85. The highest BCUT2D eigenvalue weighted by molar-refractivity contribution is 7.89. The third kappa shape index (κ3) is 4.56. The van der Waals surface area contributed by atoms with Crippen LogP contribution in [0.15, 0.2) is 36.7 Å². The Hall–Kier alpha value is -2.06. The monoisotopic (exact) mass is 296 g/mol. The van der Waals surface area contributed by atoms with Crippen molar-refractivity contribution >= 4 is 15.7 Å². The van der Waals surface area contributed by atoms with Gasteiger partial charge in [-0.25, -0.2) is 13.1 Å². The maximum absolute atomic E-state index is 11.7. The summed E-state index contributed by atoms with van der Waals surface area (Å²) in [5, 5.41) is 6.35. The van der Waals surface area contributed by atoms with Crippen molar-refractivity contribution in [1.82, 2.24) is 14.9 Å². The van der Waals surface area contributed by atoms with Gasteiger partial charge in [-0.05, 0) is 12.1 Å². The number of aromatic nitrogens is 2. The summed E-state index contributed by atoms with van der Waals surface area (Å²) >= 11 is 0. The van der Waals surface area contributed by atoms with Crippen molar-refractivity contribution in [3.8, 4) is 5.75 Å². The van der Waals surface area contributed by atoms with Crippen LogP contribution in [-0.2, 0) is 16.6 Å². The molecular formula is C12H16N4O3S. The number of nitrogens with zero attached hydrogens (tertiary/aromatic N) is 1. The van der Waals surface area contributed by atoms with Gasteiger partial charge in [-0.3, -0.25) is 5.10 Å². The number of nitrogen functional groups attached to an aromatic ring is 1. The molecule has 0 bridgehead atoms. The second-order valence-electron chi connectivity index (χ2n) is 4.17. The van der Waals surface area contributed by atoms with Gasteiger partial charge in [0, 0.05) is 30.1 Å². The number of anilines is 1. The zero-order valence-electron chi connectivity index (χ0n) is 10.7. The lowest BCUT2D eigenvalue weighted by molar-refractivity contribution is 0.340. The van der Waals surface area contributed by atoms with E-state index in [1.54, 1.807) is 36.7 Å². The van der Waals surface area contributed by atoms with Crippen LogP contribution >= 0.6 is 0 Å². The van der Waals surface area contributed by atoms with Crippen molar-refractivity contribution in [3.63, 3.8) is 0 Å². The molecule has 0 aliphatic carbocycles. The lowest BCUT2D eigenvalue weighted by atomic mass is 10.3. The molecule has 1 heterocycles. The molecular weight excluding hydrogens is 280 g/mol. The molecule has 20 heavy (non-hydrogen) atoms. The maximum atomic E-state index is 11.7. The Kier molecular flexibility index (Phi) is 4.59. The van der Waals surface area contributed by atoms with E-state index in [2.05, 4.69) is 14.9 Å². The number of rotatable bonds is 7. The summed E-state index contributed by atoms with van der Waals surface area (Å²) < 4.78 is 31.3. The summed E-state index contributed by atoms with van der Waals surface area (Å²) in [6.07, 6.45) is 3.19. The Morgan fingerprint density at radius 3 is 2.95 bits per heavy atom. The van der Waals surface area contributed by atoms with E-state index in [0.717, 1.165) is 5.56 Å². The predicted molar refractivity (Wildman–Crippen MR) is 75.6 cm³/mol. The molecule has 0 atom stereocenters. The number of hydrogen-bond donors (Lipinski definition) is 3. The summed E-state index contributed by atoms with van der Waals surface area (Å²) in [5.74, 6) is 0.426. The molecule has 108 valence electrons. The average molecular weight is 296 g/mol. The maximum Gasteiger partial charge on any atom is 0.215 e. The predicted octanol–water partition coefficient (Wildman–Crippen LogP) is 0.490. The number of nitrogens with one attached hydrogen (secondary N) is 2. The van der Waals surface area contributed by atoms with Crippen LogP contribution in [0.25, 0.3) is 0 Å². The second-order valence-corrected chi connectivity index (χ2v) is 6.09. The van der Waals surface area contributed by atoms with E-state index >= 15 is 0 Å². The van der Waals surface area contributed by atoms with Gasteiger partial charge in [0.2, 0.25) is 10.0 Å². The van der Waals surface area contributed by atoms with Crippen LogP contribution in [-0.4, -0.2) is 31.0 Å². The van der Waals surface area contributed by atoms with Crippen LogP contribution in [0, 0.1) is 0 Å². The number of benzene rings is 1. The molecule has 1 aromatic carbocycles. The van der Waals surface area contributed by atoms with Gasteiger partial charge in [0.1, 0.15) is 12.4 Å². The van der Waals surface area contributed by atoms with E-state index in [0.29, 0.717) is 11.4 Å². The van der Waals surface area contributed by atoms with Crippen LogP contribution in [0.1, 0.15) is 5.56 Å². The summed E-state index contributed by atoms with van der Waals surface area (Å²) in [6.45, 7) is 0.265. The number of hydrogen-bond acceptors (Lipinski definition) is 5. The van der Waals surface area contributed by atoms with Crippen molar-refractivity contribution in [3.05, 3.63) is 42.2 Å². The van der Waals surface area contributed by atoms with Crippen molar-refractivity contribution in [1.29, 1.82) is 0 Å². The normalized spacial score (nSPS) is 11.4. The molecule has 4 N–H and O–H groups in total. The molecule has 0 radical (unpaired) electrons. The molecule has 0 unspecified atom stereocenters. The number of aromatic amines is 1. The van der Waals surface area contributed by atoms with Crippen LogP contribution in [0.5, 0.6) is 5.75 Å². The van der Waals surface area contributed by atoms with Gasteiger partial charge in [-0.1, -0.05) is 6.07 Å². The van der Waals surface area contributed by atoms with Crippen LogP contribution in [0.2, 0.25) is 0 Å². The molecule has 2 aromatic rings.